The Hall–Kier alpha value is -2.71. The summed E-state index contributed by atoms with van der Waals surface area (Å²) in [6.07, 6.45) is 1.50. The number of nitrogens with zero attached hydrogens (tertiary/aromatic N) is 1. The summed E-state index contributed by atoms with van der Waals surface area (Å²) >= 11 is 1.77. The first-order valence-corrected chi connectivity index (χ1v) is 14.4. The van der Waals surface area contributed by atoms with E-state index < -0.39 is 0 Å². The van der Waals surface area contributed by atoms with Crippen LogP contribution >= 0.6 is 11.8 Å². The van der Waals surface area contributed by atoms with Gasteiger partial charge < -0.3 is 14.2 Å². The van der Waals surface area contributed by atoms with Crippen molar-refractivity contribution >= 4 is 34.3 Å². The van der Waals surface area contributed by atoms with Crippen molar-refractivity contribution in [2.45, 2.75) is 24.3 Å². The fourth-order valence-electron chi connectivity index (χ4n) is 5.20. The van der Waals surface area contributed by atoms with Crippen molar-refractivity contribution in [1.82, 2.24) is 4.90 Å². The zero-order valence-corrected chi connectivity index (χ0v) is 22.5. The largest absolute Gasteiger partial charge is 0.461 e. The molecule has 0 radical (unpaired) electrons. The number of Topliss-reactive ketones (excluding diaryl/α,β-unsaturated/α-hetero) is 1. The summed E-state index contributed by atoms with van der Waals surface area (Å²) < 4.78 is 16.9. The first-order chi connectivity index (χ1) is 18.7. The number of ketones is 1. The highest BCUT2D eigenvalue weighted by Gasteiger charge is 2.34. The fraction of sp³-hybridized carbons (Fsp3) is 0.419. The molecule has 2 aliphatic rings. The molecule has 200 valence electrons. The fourth-order valence-corrected chi connectivity index (χ4v) is 6.53. The first-order valence-electron chi connectivity index (χ1n) is 13.4. The maximum absolute atomic E-state index is 12.7. The van der Waals surface area contributed by atoms with Gasteiger partial charge in [-0.2, -0.15) is 0 Å². The van der Waals surface area contributed by atoms with Crippen LogP contribution in [0.15, 0.2) is 71.6 Å². The lowest BCUT2D eigenvalue weighted by Crippen LogP contribution is -2.38. The maximum Gasteiger partial charge on any atom is 0.338 e. The van der Waals surface area contributed by atoms with Crippen molar-refractivity contribution in [1.29, 1.82) is 0 Å². The zero-order valence-electron chi connectivity index (χ0n) is 21.7. The second kappa shape index (κ2) is 13.4. The van der Waals surface area contributed by atoms with Crippen LogP contribution in [0.25, 0.3) is 10.8 Å². The molecule has 0 bridgehead atoms. The summed E-state index contributed by atoms with van der Waals surface area (Å²) in [4.78, 5) is 28.7. The van der Waals surface area contributed by atoms with Gasteiger partial charge in [0.2, 0.25) is 0 Å². The summed E-state index contributed by atoms with van der Waals surface area (Å²) in [5, 5.41) is 2.45. The van der Waals surface area contributed by atoms with E-state index in [1.165, 1.54) is 15.7 Å². The van der Waals surface area contributed by atoms with Gasteiger partial charge in [-0.05, 0) is 46.9 Å². The average Bonchev–Trinajstić information content (AvgIpc) is 3.31. The lowest BCUT2D eigenvalue weighted by atomic mass is 9.98. The molecule has 0 aromatic heterocycles. The summed E-state index contributed by atoms with van der Waals surface area (Å²) in [7, 11) is 0. The third kappa shape index (κ3) is 7.03. The second-order valence-electron chi connectivity index (χ2n) is 9.97. The molecule has 2 fully saturated rings. The van der Waals surface area contributed by atoms with Crippen LogP contribution in [0.1, 0.15) is 28.8 Å². The van der Waals surface area contributed by atoms with Crippen LogP contribution in [0.3, 0.4) is 0 Å². The van der Waals surface area contributed by atoms with E-state index in [0.29, 0.717) is 37.6 Å². The Labute approximate surface area is 228 Å². The van der Waals surface area contributed by atoms with Gasteiger partial charge in [0.15, 0.2) is 0 Å². The second-order valence-corrected chi connectivity index (χ2v) is 11.0. The SMILES string of the molecule is O=C(OCCN1CCOCC1)c1cccc(COC[C@H]2CCC(=O)[C@@H]2CSc2cccc3ccccc23)c1. The van der Waals surface area contributed by atoms with E-state index in [4.69, 9.17) is 14.2 Å². The number of morpholine rings is 1. The van der Waals surface area contributed by atoms with Crippen LogP contribution in [-0.2, 0) is 25.6 Å². The highest BCUT2D eigenvalue weighted by atomic mass is 32.2. The van der Waals surface area contributed by atoms with Crippen LogP contribution in [0.5, 0.6) is 0 Å². The third-order valence-electron chi connectivity index (χ3n) is 7.42. The molecule has 7 heteroatoms. The molecule has 0 unspecified atom stereocenters. The van der Waals surface area contributed by atoms with Crippen LogP contribution in [-0.4, -0.2) is 68.5 Å². The molecular weight excluding hydrogens is 498 g/mol. The van der Waals surface area contributed by atoms with Crippen molar-refractivity contribution in [2.24, 2.45) is 11.8 Å². The summed E-state index contributed by atoms with van der Waals surface area (Å²) in [6, 6.07) is 22.1. The smallest absolute Gasteiger partial charge is 0.338 e. The average molecular weight is 534 g/mol. The van der Waals surface area contributed by atoms with Crippen LogP contribution < -0.4 is 0 Å². The van der Waals surface area contributed by atoms with Crippen molar-refractivity contribution in [3.05, 3.63) is 77.9 Å². The molecule has 0 N–H and O–H groups in total. The van der Waals surface area contributed by atoms with Crippen molar-refractivity contribution < 1.29 is 23.8 Å². The molecule has 6 nitrogen and oxygen atoms in total. The lowest BCUT2D eigenvalue weighted by molar-refractivity contribution is -0.120. The van der Waals surface area contributed by atoms with Crippen molar-refractivity contribution in [3.63, 3.8) is 0 Å². The molecule has 1 heterocycles. The standard InChI is InChI=1S/C31H35NO5S/c33-29-12-11-26(28(29)22-38-30-10-4-7-24-6-1-2-9-27(24)30)21-36-20-23-5-3-8-25(19-23)31(34)37-18-15-32-13-16-35-17-14-32/h1-10,19,26,28H,11-18,20-22H2/t26-,28-/m1/s1. The van der Waals surface area contributed by atoms with Gasteiger partial charge in [-0.15, -0.1) is 11.8 Å². The number of rotatable bonds is 11. The van der Waals surface area contributed by atoms with Crippen LogP contribution in [0.4, 0.5) is 0 Å². The molecule has 1 aliphatic heterocycles. The molecule has 1 saturated heterocycles. The van der Waals surface area contributed by atoms with Gasteiger partial charge in [0, 0.05) is 42.6 Å². The Balaban J connectivity index is 1.09. The van der Waals surface area contributed by atoms with E-state index in [1.54, 1.807) is 17.8 Å². The molecule has 0 spiro atoms. The molecule has 1 aliphatic carbocycles. The molecule has 5 rings (SSSR count). The minimum atomic E-state index is -0.313. The number of benzene rings is 3. The molecule has 3 aromatic carbocycles. The molecule has 2 atom stereocenters. The Bertz CT molecular complexity index is 1240. The number of hydrogen-bond acceptors (Lipinski definition) is 7. The van der Waals surface area contributed by atoms with E-state index in [1.807, 2.05) is 18.2 Å². The molecule has 38 heavy (non-hydrogen) atoms. The van der Waals surface area contributed by atoms with E-state index in [-0.39, 0.29) is 17.8 Å². The highest BCUT2D eigenvalue weighted by molar-refractivity contribution is 7.99. The number of fused-ring (bicyclic) bond motifs is 1. The Morgan fingerprint density at radius 3 is 2.74 bits per heavy atom. The normalized spacial score (nSPS) is 20.2. The predicted octanol–water partition coefficient (Wildman–Crippen LogP) is 5.23. The molecular formula is C31H35NO5S. The quantitative estimate of drug-likeness (QED) is 0.247. The van der Waals surface area contributed by atoms with Gasteiger partial charge in [-0.25, -0.2) is 4.79 Å². The molecule has 3 aromatic rings. The van der Waals surface area contributed by atoms with Gasteiger partial charge in [-0.3, -0.25) is 9.69 Å². The third-order valence-corrected chi connectivity index (χ3v) is 8.61. The lowest BCUT2D eigenvalue weighted by Gasteiger charge is -2.26. The van der Waals surface area contributed by atoms with E-state index in [0.717, 1.165) is 50.6 Å². The minimum Gasteiger partial charge on any atom is -0.461 e. The molecule has 1 saturated carbocycles. The van der Waals surface area contributed by atoms with E-state index in [9.17, 15) is 9.59 Å². The number of ether oxygens (including phenoxy) is 3. The number of esters is 1. The summed E-state index contributed by atoms with van der Waals surface area (Å²) in [5.41, 5.74) is 1.46. The van der Waals surface area contributed by atoms with Crippen molar-refractivity contribution in [2.75, 3.05) is 51.8 Å². The van der Waals surface area contributed by atoms with Gasteiger partial charge in [0.1, 0.15) is 12.4 Å². The maximum atomic E-state index is 12.7. The number of carbonyl (C=O) groups is 2. The Kier molecular flexibility index (Phi) is 9.47. The number of thioether (sulfide) groups is 1. The topological polar surface area (TPSA) is 65.1 Å². The summed E-state index contributed by atoms with van der Waals surface area (Å²) in [6.45, 7) is 5.25. The number of carbonyl (C=O) groups excluding carboxylic acids is 2. The van der Waals surface area contributed by atoms with Crippen molar-refractivity contribution in [3.8, 4) is 0 Å². The van der Waals surface area contributed by atoms with Crippen LogP contribution in [0.2, 0.25) is 0 Å². The Morgan fingerprint density at radius 1 is 1.03 bits per heavy atom. The van der Waals surface area contributed by atoms with Gasteiger partial charge >= 0.3 is 5.97 Å². The summed E-state index contributed by atoms with van der Waals surface area (Å²) in [5.74, 6) is 1.03. The highest BCUT2D eigenvalue weighted by Crippen LogP contribution is 2.36. The monoisotopic (exact) mass is 533 g/mol. The number of hydrogen-bond donors (Lipinski definition) is 0. The zero-order chi connectivity index (χ0) is 26.2. The first kappa shape index (κ1) is 26.9. The van der Waals surface area contributed by atoms with Gasteiger partial charge in [0.05, 0.1) is 32.0 Å². The van der Waals surface area contributed by atoms with E-state index >= 15 is 0 Å². The predicted molar refractivity (Wildman–Crippen MR) is 150 cm³/mol. The van der Waals surface area contributed by atoms with E-state index in [2.05, 4.69) is 47.4 Å². The Morgan fingerprint density at radius 2 is 1.84 bits per heavy atom. The van der Waals surface area contributed by atoms with Gasteiger partial charge in [-0.1, -0.05) is 48.5 Å². The van der Waals surface area contributed by atoms with Crippen LogP contribution in [0, 0.1) is 11.8 Å². The minimum absolute atomic E-state index is 0.00625. The van der Waals surface area contributed by atoms with Gasteiger partial charge in [0.25, 0.3) is 0 Å². The molecule has 0 amide bonds.